The molecule has 0 aliphatic heterocycles. The van der Waals surface area contributed by atoms with Gasteiger partial charge in [-0.05, 0) is 12.8 Å². The maximum Gasteiger partial charge on any atom is 0.0943 e. The van der Waals surface area contributed by atoms with Crippen molar-refractivity contribution in [3.05, 3.63) is 0 Å². The lowest BCUT2D eigenvalue weighted by molar-refractivity contribution is -0.870. The van der Waals surface area contributed by atoms with Crippen LogP contribution in [0, 0.1) is 0 Å². The molecule has 0 aromatic rings. The van der Waals surface area contributed by atoms with Crippen LogP contribution < -0.4 is 0 Å². The Hall–Kier alpha value is -0.130. The number of hydrogen-bond donors (Lipinski definition) is 0. The SMILES string of the molecule is CCCCCCCCCCCCCCCCCC[N+](C)(C)C.CCS(=O)(=O)[O-]. The minimum Gasteiger partial charge on any atom is -0.748 e. The number of unbranched alkanes of at least 4 members (excludes halogenated alkanes) is 15. The fraction of sp³-hybridized carbons (Fsp3) is 1.00. The molecule has 0 rings (SSSR count). The molecule has 0 aliphatic carbocycles. The van der Waals surface area contributed by atoms with Gasteiger partial charge in [-0.1, -0.05) is 104 Å². The highest BCUT2D eigenvalue weighted by atomic mass is 32.2. The van der Waals surface area contributed by atoms with Crippen molar-refractivity contribution in [3.8, 4) is 0 Å². The molecule has 0 atom stereocenters. The third-order valence-electron chi connectivity index (χ3n) is 5.04. The van der Waals surface area contributed by atoms with E-state index in [0.29, 0.717) is 0 Å². The Morgan fingerprint density at radius 3 is 1.04 bits per heavy atom. The summed E-state index contributed by atoms with van der Waals surface area (Å²) in [4.78, 5) is 0. The van der Waals surface area contributed by atoms with Crippen LogP contribution in [-0.4, -0.2) is 50.9 Å². The van der Waals surface area contributed by atoms with E-state index in [1.54, 1.807) is 0 Å². The summed E-state index contributed by atoms with van der Waals surface area (Å²) >= 11 is 0. The monoisotopic (exact) mass is 421 g/mol. The van der Waals surface area contributed by atoms with Crippen molar-refractivity contribution in [3.63, 3.8) is 0 Å². The Balaban J connectivity index is 0. The van der Waals surface area contributed by atoms with E-state index in [0.717, 1.165) is 4.48 Å². The molecule has 0 aromatic carbocycles. The Bertz CT molecular complexity index is 403. The van der Waals surface area contributed by atoms with E-state index in [4.69, 9.17) is 0 Å². The van der Waals surface area contributed by atoms with Gasteiger partial charge in [0.25, 0.3) is 0 Å². The lowest BCUT2D eigenvalue weighted by atomic mass is 10.0. The van der Waals surface area contributed by atoms with E-state index in [2.05, 4.69) is 28.1 Å². The molecule has 0 aromatic heterocycles. The molecule has 5 heteroatoms. The summed E-state index contributed by atoms with van der Waals surface area (Å²) in [6.45, 7) is 4.94. The second-order valence-corrected chi connectivity index (χ2v) is 10.9. The first-order chi connectivity index (χ1) is 13.1. The van der Waals surface area contributed by atoms with Crippen molar-refractivity contribution in [2.24, 2.45) is 0 Å². The molecule has 0 bridgehead atoms. The third kappa shape index (κ3) is 33.5. The third-order valence-corrected chi connectivity index (χ3v) is 5.74. The summed E-state index contributed by atoms with van der Waals surface area (Å²) in [6, 6.07) is 0. The summed E-state index contributed by atoms with van der Waals surface area (Å²) in [7, 11) is 2.98. The average Bonchev–Trinajstić information content (AvgIpc) is 2.60. The number of nitrogens with zero attached hydrogens (tertiary/aromatic N) is 1. The molecule has 0 saturated carbocycles. The Morgan fingerprint density at radius 1 is 0.571 bits per heavy atom. The first kappa shape index (κ1) is 30.1. The van der Waals surface area contributed by atoms with Crippen molar-refractivity contribution < 1.29 is 17.5 Å². The van der Waals surface area contributed by atoms with Crippen molar-refractivity contribution in [2.75, 3.05) is 33.4 Å². The van der Waals surface area contributed by atoms with Crippen LogP contribution in [0.4, 0.5) is 0 Å². The molecule has 0 spiro atoms. The van der Waals surface area contributed by atoms with E-state index < -0.39 is 10.1 Å². The first-order valence-corrected chi connectivity index (χ1v) is 13.4. The molecule has 4 nitrogen and oxygen atoms in total. The summed E-state index contributed by atoms with van der Waals surface area (Å²) in [5.41, 5.74) is 0. The molecular weight excluding hydrogens is 370 g/mol. The second kappa shape index (κ2) is 20.2. The smallest absolute Gasteiger partial charge is 0.0943 e. The zero-order chi connectivity index (χ0) is 21.7. The van der Waals surface area contributed by atoms with Crippen LogP contribution in [0.25, 0.3) is 0 Å². The van der Waals surface area contributed by atoms with Gasteiger partial charge in [0.05, 0.1) is 37.8 Å². The predicted molar refractivity (Wildman–Crippen MR) is 123 cm³/mol. The van der Waals surface area contributed by atoms with Crippen LogP contribution in [-0.2, 0) is 10.1 Å². The Morgan fingerprint density at radius 2 is 0.821 bits per heavy atom. The van der Waals surface area contributed by atoms with Crippen molar-refractivity contribution >= 4 is 10.1 Å². The van der Waals surface area contributed by atoms with Crippen LogP contribution in [0.2, 0.25) is 0 Å². The topological polar surface area (TPSA) is 57.2 Å². The molecule has 28 heavy (non-hydrogen) atoms. The standard InChI is InChI=1S/C21H46N.C2H6O3S/c1-5-6-7-8-9-10-11-12-13-14-15-16-17-18-19-20-21-22(2,3)4;1-2-6(3,4)5/h5-21H2,1-4H3;2H2,1H3,(H,3,4,5)/q+1;/p-1. The van der Waals surface area contributed by atoms with Gasteiger partial charge < -0.3 is 9.04 Å². The molecule has 0 fully saturated rings. The maximum absolute atomic E-state index is 9.44. The van der Waals surface area contributed by atoms with E-state index in [9.17, 15) is 13.0 Å². The van der Waals surface area contributed by atoms with Gasteiger partial charge in [0.2, 0.25) is 0 Å². The van der Waals surface area contributed by atoms with Gasteiger partial charge >= 0.3 is 0 Å². The van der Waals surface area contributed by atoms with Crippen LogP contribution in [0.3, 0.4) is 0 Å². The molecule has 0 saturated heterocycles. The largest absolute Gasteiger partial charge is 0.748 e. The normalized spacial score (nSPS) is 11.9. The number of rotatable bonds is 18. The summed E-state index contributed by atoms with van der Waals surface area (Å²) in [5.74, 6) is -0.312. The van der Waals surface area contributed by atoms with Gasteiger partial charge in [0.15, 0.2) is 0 Å². The van der Waals surface area contributed by atoms with E-state index in [1.807, 2.05) is 0 Å². The van der Waals surface area contributed by atoms with E-state index in [-0.39, 0.29) is 5.75 Å². The minimum atomic E-state index is -3.91. The molecule has 172 valence electrons. The van der Waals surface area contributed by atoms with Gasteiger partial charge in [-0.25, -0.2) is 8.42 Å². The van der Waals surface area contributed by atoms with Crippen LogP contribution >= 0.6 is 0 Å². The zero-order valence-corrected chi connectivity index (χ0v) is 20.6. The Labute approximate surface area is 177 Å². The van der Waals surface area contributed by atoms with Crippen LogP contribution in [0.1, 0.15) is 117 Å². The van der Waals surface area contributed by atoms with Gasteiger partial charge in [0, 0.05) is 5.75 Å². The molecule has 0 unspecified atom stereocenters. The lowest BCUT2D eigenvalue weighted by Gasteiger charge is -2.23. The van der Waals surface area contributed by atoms with Gasteiger partial charge in [0.1, 0.15) is 0 Å². The number of hydrogen-bond acceptors (Lipinski definition) is 3. The minimum absolute atomic E-state index is 0.312. The highest BCUT2D eigenvalue weighted by Crippen LogP contribution is 2.13. The highest BCUT2D eigenvalue weighted by molar-refractivity contribution is 7.85. The highest BCUT2D eigenvalue weighted by Gasteiger charge is 2.04. The van der Waals surface area contributed by atoms with Gasteiger partial charge in [-0.15, -0.1) is 0 Å². The molecule has 0 aliphatic rings. The molecule has 0 radical (unpaired) electrons. The fourth-order valence-electron chi connectivity index (χ4n) is 3.13. The predicted octanol–water partition coefficient (Wildman–Crippen LogP) is 6.51. The molecule has 0 amide bonds. The molecule has 0 N–H and O–H groups in total. The van der Waals surface area contributed by atoms with Crippen molar-refractivity contribution in [1.82, 2.24) is 0 Å². The van der Waals surface area contributed by atoms with E-state index >= 15 is 0 Å². The quantitative estimate of drug-likeness (QED) is 0.144. The number of quaternary nitrogens is 1. The summed E-state index contributed by atoms with van der Waals surface area (Å²) in [6.07, 6.45) is 23.4. The van der Waals surface area contributed by atoms with Crippen LogP contribution in [0.5, 0.6) is 0 Å². The van der Waals surface area contributed by atoms with Crippen LogP contribution in [0.15, 0.2) is 0 Å². The average molecular weight is 422 g/mol. The lowest BCUT2D eigenvalue weighted by Crippen LogP contribution is -2.35. The zero-order valence-electron chi connectivity index (χ0n) is 19.8. The Kier molecular flexibility index (Phi) is 21.6. The first-order valence-electron chi connectivity index (χ1n) is 11.9. The van der Waals surface area contributed by atoms with Crippen molar-refractivity contribution in [1.29, 1.82) is 0 Å². The molecule has 0 heterocycles. The summed E-state index contributed by atoms with van der Waals surface area (Å²) in [5, 5.41) is 0. The molecular formula is C23H51NO3S. The fourth-order valence-corrected chi connectivity index (χ4v) is 3.13. The maximum atomic E-state index is 9.44. The van der Waals surface area contributed by atoms with Gasteiger partial charge in [-0.2, -0.15) is 0 Å². The summed E-state index contributed by atoms with van der Waals surface area (Å²) < 4.78 is 29.5. The second-order valence-electron chi connectivity index (χ2n) is 9.16. The van der Waals surface area contributed by atoms with E-state index in [1.165, 1.54) is 116 Å². The van der Waals surface area contributed by atoms with Crippen molar-refractivity contribution in [2.45, 2.75) is 117 Å². The van der Waals surface area contributed by atoms with Gasteiger partial charge in [-0.3, -0.25) is 0 Å².